The molecule has 24 heavy (non-hydrogen) atoms. The van der Waals surface area contributed by atoms with Crippen molar-refractivity contribution in [2.24, 2.45) is 11.8 Å². The van der Waals surface area contributed by atoms with E-state index in [0.717, 1.165) is 4.90 Å². The van der Waals surface area contributed by atoms with Gasteiger partial charge in [0, 0.05) is 45.8 Å². The number of carbonyl (C=O) groups is 3. The molecule has 0 saturated carbocycles. The highest BCUT2D eigenvalue weighted by Gasteiger charge is 2.39. The Balaban J connectivity index is 1.93. The predicted octanol–water partition coefficient (Wildman–Crippen LogP) is -2.13. The van der Waals surface area contributed by atoms with Gasteiger partial charge in [0.05, 0.1) is 6.61 Å². The monoisotopic (exact) mass is 342 g/mol. The van der Waals surface area contributed by atoms with Crippen molar-refractivity contribution < 1.29 is 24.6 Å². The van der Waals surface area contributed by atoms with Gasteiger partial charge in [-0.3, -0.25) is 14.5 Å². The molecular formula is C15H26N4O5. The number of imide groups is 1. The third-order valence-electron chi connectivity index (χ3n) is 4.72. The summed E-state index contributed by atoms with van der Waals surface area (Å²) < 4.78 is 0. The number of aliphatic hydroxyl groups is 2. The fourth-order valence-corrected chi connectivity index (χ4v) is 3.28. The molecule has 2 heterocycles. The number of aliphatic hydroxyl groups excluding tert-OH is 2. The molecule has 2 atom stereocenters. The number of hydrogen-bond donors (Lipinski definition) is 2. The molecule has 4 amide bonds. The van der Waals surface area contributed by atoms with Gasteiger partial charge >= 0.3 is 6.03 Å². The number of nitrogens with zero attached hydrogens (tertiary/aromatic N) is 4. The predicted molar refractivity (Wildman–Crippen MR) is 85.0 cm³/mol. The molecule has 0 radical (unpaired) electrons. The van der Waals surface area contributed by atoms with Crippen molar-refractivity contribution in [3.05, 3.63) is 0 Å². The van der Waals surface area contributed by atoms with Crippen molar-refractivity contribution in [3.63, 3.8) is 0 Å². The van der Waals surface area contributed by atoms with Gasteiger partial charge in [-0.2, -0.15) is 0 Å². The zero-order valence-electron chi connectivity index (χ0n) is 14.2. The first-order chi connectivity index (χ1) is 11.4. The molecule has 9 nitrogen and oxygen atoms in total. The zero-order chi connectivity index (χ0) is 17.9. The summed E-state index contributed by atoms with van der Waals surface area (Å²) in [6.07, 6.45) is 0. The second kappa shape index (κ2) is 7.91. The first-order valence-electron chi connectivity index (χ1n) is 8.10. The molecule has 2 aliphatic heterocycles. The number of amides is 4. The average Bonchev–Trinajstić information content (AvgIpc) is 3.03. The van der Waals surface area contributed by atoms with Crippen LogP contribution in [0.4, 0.5) is 4.79 Å². The molecule has 0 aromatic rings. The van der Waals surface area contributed by atoms with Crippen molar-refractivity contribution in [1.82, 2.24) is 19.6 Å². The summed E-state index contributed by atoms with van der Waals surface area (Å²) in [5, 5.41) is 18.5. The van der Waals surface area contributed by atoms with Gasteiger partial charge in [-0.15, -0.1) is 0 Å². The number of hydrogen-bond acceptors (Lipinski definition) is 6. The van der Waals surface area contributed by atoms with E-state index in [4.69, 9.17) is 5.11 Å². The van der Waals surface area contributed by atoms with Gasteiger partial charge in [0.15, 0.2) is 0 Å². The Labute approximate surface area is 141 Å². The summed E-state index contributed by atoms with van der Waals surface area (Å²) >= 11 is 0. The van der Waals surface area contributed by atoms with Crippen LogP contribution in [0.25, 0.3) is 0 Å². The zero-order valence-corrected chi connectivity index (χ0v) is 14.2. The third-order valence-corrected chi connectivity index (χ3v) is 4.72. The maximum atomic E-state index is 12.4. The Bertz CT molecular complexity index is 500. The lowest BCUT2D eigenvalue weighted by Crippen LogP contribution is -2.42. The number of carbonyl (C=O) groups excluding carboxylic acids is 3. The normalized spacial score (nSPS) is 24.6. The summed E-state index contributed by atoms with van der Waals surface area (Å²) in [7, 11) is 3.40. The molecular weight excluding hydrogens is 316 g/mol. The Morgan fingerprint density at radius 1 is 1.25 bits per heavy atom. The molecule has 2 N–H and O–H groups in total. The molecule has 0 aromatic carbocycles. The topological polar surface area (TPSA) is 105 Å². The molecule has 0 aromatic heterocycles. The first kappa shape index (κ1) is 18.6. The Hall–Kier alpha value is -1.71. The first-order valence-corrected chi connectivity index (χ1v) is 8.10. The highest BCUT2D eigenvalue weighted by molar-refractivity contribution is 6.04. The summed E-state index contributed by atoms with van der Waals surface area (Å²) in [5.74, 6) is -0.586. The van der Waals surface area contributed by atoms with Crippen LogP contribution in [0, 0.1) is 11.8 Å². The average molecular weight is 342 g/mol. The van der Waals surface area contributed by atoms with Gasteiger partial charge in [0.1, 0.15) is 13.1 Å². The van der Waals surface area contributed by atoms with Crippen molar-refractivity contribution >= 4 is 17.8 Å². The molecule has 2 fully saturated rings. The van der Waals surface area contributed by atoms with Crippen LogP contribution < -0.4 is 0 Å². The van der Waals surface area contributed by atoms with Gasteiger partial charge in [-0.25, -0.2) is 4.79 Å². The lowest BCUT2D eigenvalue weighted by atomic mass is 9.96. The minimum atomic E-state index is -0.453. The van der Waals surface area contributed by atoms with Gasteiger partial charge < -0.3 is 24.9 Å². The van der Waals surface area contributed by atoms with E-state index in [0.29, 0.717) is 26.2 Å². The lowest BCUT2D eigenvalue weighted by Gasteiger charge is -2.23. The number of urea groups is 1. The van der Waals surface area contributed by atoms with E-state index in [1.165, 1.54) is 11.9 Å². The van der Waals surface area contributed by atoms with Crippen LogP contribution in [-0.4, -0.2) is 114 Å². The van der Waals surface area contributed by atoms with E-state index >= 15 is 0 Å². The number of rotatable bonds is 7. The SMILES string of the molecule is CN(CCO)C[C@@H]1CN(C(=O)CN2C(=O)CN(C)C2=O)C[C@@H]1CO. The Morgan fingerprint density at radius 2 is 1.92 bits per heavy atom. The van der Waals surface area contributed by atoms with Gasteiger partial charge in [-0.05, 0) is 13.0 Å². The van der Waals surface area contributed by atoms with Crippen LogP contribution in [0.5, 0.6) is 0 Å². The molecule has 0 bridgehead atoms. The maximum absolute atomic E-state index is 12.4. The van der Waals surface area contributed by atoms with Gasteiger partial charge in [-0.1, -0.05) is 0 Å². The third kappa shape index (κ3) is 4.03. The summed E-state index contributed by atoms with van der Waals surface area (Å²) in [4.78, 5) is 41.9. The molecule has 2 rings (SSSR count). The van der Waals surface area contributed by atoms with E-state index in [2.05, 4.69) is 0 Å². The van der Waals surface area contributed by atoms with E-state index in [1.807, 2.05) is 11.9 Å². The molecule has 9 heteroatoms. The quantitative estimate of drug-likeness (QED) is 0.512. The van der Waals surface area contributed by atoms with Crippen LogP contribution in [0.3, 0.4) is 0 Å². The van der Waals surface area contributed by atoms with E-state index < -0.39 is 6.03 Å². The van der Waals surface area contributed by atoms with Crippen LogP contribution in [-0.2, 0) is 9.59 Å². The van der Waals surface area contributed by atoms with Crippen LogP contribution >= 0.6 is 0 Å². The van der Waals surface area contributed by atoms with Gasteiger partial charge in [0.25, 0.3) is 5.91 Å². The van der Waals surface area contributed by atoms with Crippen LogP contribution in [0.15, 0.2) is 0 Å². The fourth-order valence-electron chi connectivity index (χ4n) is 3.28. The Morgan fingerprint density at radius 3 is 2.46 bits per heavy atom. The second-order valence-electron chi connectivity index (χ2n) is 6.61. The molecule has 0 spiro atoms. The standard InChI is InChI=1S/C15H26N4O5/c1-16(3-4-20)5-11-6-18(7-12(11)10-21)13(22)9-19-14(23)8-17(2)15(19)24/h11-12,20-21H,3-10H2,1-2H3/t11-,12-/m1/s1. The smallest absolute Gasteiger partial charge is 0.327 e. The van der Waals surface area contributed by atoms with Crippen molar-refractivity contribution in [1.29, 1.82) is 0 Å². The van der Waals surface area contributed by atoms with Crippen molar-refractivity contribution in [2.45, 2.75) is 0 Å². The van der Waals surface area contributed by atoms with E-state index in [1.54, 1.807) is 4.90 Å². The largest absolute Gasteiger partial charge is 0.396 e. The summed E-state index contributed by atoms with van der Waals surface area (Å²) in [6, 6.07) is -0.453. The molecule has 0 aliphatic carbocycles. The fraction of sp³-hybridized carbons (Fsp3) is 0.800. The maximum Gasteiger partial charge on any atom is 0.327 e. The molecule has 2 aliphatic rings. The van der Waals surface area contributed by atoms with Gasteiger partial charge in [0.2, 0.25) is 5.91 Å². The Kier molecular flexibility index (Phi) is 6.14. The minimum Gasteiger partial charge on any atom is -0.396 e. The minimum absolute atomic E-state index is 0.0000419. The highest BCUT2D eigenvalue weighted by Crippen LogP contribution is 2.24. The number of likely N-dealkylation sites (tertiary alicyclic amines) is 1. The molecule has 136 valence electrons. The van der Waals surface area contributed by atoms with Crippen molar-refractivity contribution in [3.8, 4) is 0 Å². The summed E-state index contributed by atoms with van der Waals surface area (Å²) in [6.45, 7) is 1.88. The van der Waals surface area contributed by atoms with Crippen LogP contribution in [0.2, 0.25) is 0 Å². The highest BCUT2D eigenvalue weighted by atomic mass is 16.3. The van der Waals surface area contributed by atoms with Crippen LogP contribution in [0.1, 0.15) is 0 Å². The lowest BCUT2D eigenvalue weighted by molar-refractivity contribution is -0.136. The molecule has 2 saturated heterocycles. The second-order valence-corrected chi connectivity index (χ2v) is 6.61. The van der Waals surface area contributed by atoms with E-state index in [-0.39, 0.29) is 50.0 Å². The summed E-state index contributed by atoms with van der Waals surface area (Å²) in [5.41, 5.74) is 0. The van der Waals surface area contributed by atoms with Crippen molar-refractivity contribution in [2.75, 3.05) is 66.6 Å². The molecule has 0 unspecified atom stereocenters. The van der Waals surface area contributed by atoms with E-state index in [9.17, 15) is 19.5 Å². The number of likely N-dealkylation sites (N-methyl/N-ethyl adjacent to an activating group) is 2.